The first-order valence-electron chi connectivity index (χ1n) is 4.06. The molecule has 0 bridgehead atoms. The van der Waals surface area contributed by atoms with Gasteiger partial charge in [0.05, 0.1) is 11.4 Å². The quantitative estimate of drug-likeness (QED) is 0.674. The van der Waals surface area contributed by atoms with E-state index in [1.165, 1.54) is 12.5 Å². The molecule has 0 aliphatic heterocycles. The van der Waals surface area contributed by atoms with E-state index >= 15 is 0 Å². The van der Waals surface area contributed by atoms with E-state index in [9.17, 15) is 4.79 Å². The van der Waals surface area contributed by atoms with Crippen molar-refractivity contribution < 1.29 is 13.6 Å². The van der Waals surface area contributed by atoms with Gasteiger partial charge < -0.3 is 8.83 Å². The SMILES string of the molecule is Cc1coc(C(=O)c2nc(C)co2)n1. The minimum atomic E-state index is -0.439. The highest BCUT2D eigenvalue weighted by molar-refractivity contribution is 6.02. The lowest BCUT2D eigenvalue weighted by molar-refractivity contribution is 0.0970. The molecule has 0 aliphatic rings. The Bertz CT molecular complexity index is 428. The fraction of sp³-hybridized carbons (Fsp3) is 0.222. The van der Waals surface area contributed by atoms with Crippen LogP contribution in [0.2, 0.25) is 0 Å². The Labute approximate surface area is 79.8 Å². The lowest BCUT2D eigenvalue weighted by atomic mass is 10.4. The van der Waals surface area contributed by atoms with Crippen molar-refractivity contribution in [1.29, 1.82) is 0 Å². The first kappa shape index (κ1) is 8.68. The molecule has 0 saturated carbocycles. The van der Waals surface area contributed by atoms with E-state index in [0.717, 1.165) is 0 Å². The van der Waals surface area contributed by atoms with Gasteiger partial charge >= 0.3 is 5.78 Å². The molecular weight excluding hydrogens is 184 g/mol. The van der Waals surface area contributed by atoms with Crippen molar-refractivity contribution in [3.63, 3.8) is 0 Å². The third-order valence-corrected chi connectivity index (χ3v) is 1.63. The predicted molar refractivity (Wildman–Crippen MR) is 45.9 cm³/mol. The zero-order chi connectivity index (χ0) is 10.1. The Balaban J connectivity index is 2.33. The first-order chi connectivity index (χ1) is 6.66. The summed E-state index contributed by atoms with van der Waals surface area (Å²) in [7, 11) is 0. The highest BCUT2D eigenvalue weighted by atomic mass is 16.4. The number of ketones is 1. The molecule has 0 unspecified atom stereocenters. The number of carbonyl (C=O) groups is 1. The normalized spacial score (nSPS) is 10.4. The van der Waals surface area contributed by atoms with Crippen LogP contribution in [0.1, 0.15) is 28.0 Å². The highest BCUT2D eigenvalue weighted by Crippen LogP contribution is 2.08. The lowest BCUT2D eigenvalue weighted by Gasteiger charge is -1.86. The molecule has 72 valence electrons. The maximum absolute atomic E-state index is 11.6. The van der Waals surface area contributed by atoms with Gasteiger partial charge in [0.25, 0.3) is 11.8 Å². The van der Waals surface area contributed by atoms with Crippen LogP contribution < -0.4 is 0 Å². The van der Waals surface area contributed by atoms with Crippen LogP contribution in [0.25, 0.3) is 0 Å². The van der Waals surface area contributed by atoms with Crippen molar-refractivity contribution in [2.24, 2.45) is 0 Å². The maximum atomic E-state index is 11.6. The lowest BCUT2D eigenvalue weighted by Crippen LogP contribution is -2.02. The van der Waals surface area contributed by atoms with Gasteiger partial charge in [-0.1, -0.05) is 0 Å². The van der Waals surface area contributed by atoms with E-state index in [4.69, 9.17) is 8.83 Å². The average molecular weight is 192 g/mol. The summed E-state index contributed by atoms with van der Waals surface area (Å²) >= 11 is 0. The van der Waals surface area contributed by atoms with Gasteiger partial charge in [-0.05, 0) is 13.8 Å². The Hall–Kier alpha value is -1.91. The molecule has 14 heavy (non-hydrogen) atoms. The Morgan fingerprint density at radius 1 is 1.07 bits per heavy atom. The largest absolute Gasteiger partial charge is 0.442 e. The van der Waals surface area contributed by atoms with Gasteiger partial charge in [-0.25, -0.2) is 9.97 Å². The van der Waals surface area contributed by atoms with Gasteiger partial charge in [0.1, 0.15) is 12.5 Å². The second kappa shape index (κ2) is 3.10. The van der Waals surface area contributed by atoms with Crippen LogP contribution in [0, 0.1) is 13.8 Å². The van der Waals surface area contributed by atoms with E-state index < -0.39 is 5.78 Å². The molecule has 0 aromatic carbocycles. The number of hydrogen-bond acceptors (Lipinski definition) is 5. The van der Waals surface area contributed by atoms with Gasteiger partial charge in [-0.3, -0.25) is 4.79 Å². The van der Waals surface area contributed by atoms with Crippen LogP contribution in [-0.4, -0.2) is 15.8 Å². The summed E-state index contributed by atoms with van der Waals surface area (Å²) < 4.78 is 9.86. The molecule has 0 amide bonds. The third-order valence-electron chi connectivity index (χ3n) is 1.63. The number of rotatable bonds is 2. The third kappa shape index (κ3) is 1.44. The van der Waals surface area contributed by atoms with Gasteiger partial charge in [0, 0.05) is 0 Å². The van der Waals surface area contributed by atoms with E-state index in [2.05, 4.69) is 9.97 Å². The summed E-state index contributed by atoms with van der Waals surface area (Å²) in [5.74, 6) is -0.431. The van der Waals surface area contributed by atoms with Crippen molar-refractivity contribution in [3.8, 4) is 0 Å². The van der Waals surface area contributed by atoms with Crippen LogP contribution in [0.15, 0.2) is 21.4 Å². The van der Waals surface area contributed by atoms with Crippen molar-refractivity contribution in [2.75, 3.05) is 0 Å². The van der Waals surface area contributed by atoms with E-state index in [1.807, 2.05) is 0 Å². The van der Waals surface area contributed by atoms with Crippen molar-refractivity contribution in [1.82, 2.24) is 9.97 Å². The standard InChI is InChI=1S/C9H8N2O3/c1-5-3-13-8(10-5)7(12)9-11-6(2)4-14-9/h3-4H,1-2H3. The predicted octanol–water partition coefficient (Wildman–Crippen LogP) is 1.51. The van der Waals surface area contributed by atoms with Gasteiger partial charge in [-0.2, -0.15) is 0 Å². The highest BCUT2D eigenvalue weighted by Gasteiger charge is 2.19. The minimum absolute atomic E-state index is 0.00403. The Kier molecular flexibility index (Phi) is 1.92. The molecule has 2 rings (SSSR count). The minimum Gasteiger partial charge on any atom is -0.442 e. The topological polar surface area (TPSA) is 69.1 Å². The molecule has 5 nitrogen and oxygen atoms in total. The zero-order valence-corrected chi connectivity index (χ0v) is 7.77. The number of nitrogens with zero attached hydrogens (tertiary/aromatic N) is 2. The molecule has 0 fully saturated rings. The first-order valence-corrected chi connectivity index (χ1v) is 4.06. The molecule has 2 aromatic rings. The molecule has 5 heteroatoms. The molecule has 0 aliphatic carbocycles. The molecule has 2 heterocycles. The van der Waals surface area contributed by atoms with Crippen LogP contribution in [0.4, 0.5) is 0 Å². The van der Waals surface area contributed by atoms with Crippen LogP contribution in [0.3, 0.4) is 0 Å². The molecule has 0 atom stereocenters. The number of hydrogen-bond donors (Lipinski definition) is 0. The summed E-state index contributed by atoms with van der Waals surface area (Å²) in [6.07, 6.45) is 2.81. The Morgan fingerprint density at radius 2 is 1.50 bits per heavy atom. The molecule has 2 aromatic heterocycles. The van der Waals surface area contributed by atoms with E-state index in [1.54, 1.807) is 13.8 Å². The molecular formula is C9H8N2O3. The number of carbonyl (C=O) groups excluding carboxylic acids is 1. The fourth-order valence-electron chi connectivity index (χ4n) is 1.01. The second-order valence-corrected chi connectivity index (χ2v) is 2.92. The van der Waals surface area contributed by atoms with Crippen LogP contribution in [-0.2, 0) is 0 Å². The summed E-state index contributed by atoms with van der Waals surface area (Å²) in [5, 5.41) is 0. The molecule has 0 radical (unpaired) electrons. The Morgan fingerprint density at radius 3 is 1.79 bits per heavy atom. The maximum Gasteiger partial charge on any atom is 0.302 e. The molecule has 0 saturated heterocycles. The van der Waals surface area contributed by atoms with Crippen LogP contribution >= 0.6 is 0 Å². The number of aromatic nitrogens is 2. The van der Waals surface area contributed by atoms with Gasteiger partial charge in [0.15, 0.2) is 0 Å². The number of aryl methyl sites for hydroxylation is 2. The monoisotopic (exact) mass is 192 g/mol. The summed E-state index contributed by atoms with van der Waals surface area (Å²) in [5.41, 5.74) is 1.30. The number of oxazole rings is 2. The zero-order valence-electron chi connectivity index (χ0n) is 7.77. The van der Waals surface area contributed by atoms with Gasteiger partial charge in [-0.15, -0.1) is 0 Å². The summed E-state index contributed by atoms with van der Waals surface area (Å²) in [6, 6.07) is 0. The van der Waals surface area contributed by atoms with E-state index in [-0.39, 0.29) is 11.8 Å². The summed E-state index contributed by atoms with van der Waals surface area (Å²) in [4.78, 5) is 19.3. The van der Waals surface area contributed by atoms with Crippen molar-refractivity contribution >= 4 is 5.78 Å². The van der Waals surface area contributed by atoms with Crippen molar-refractivity contribution in [3.05, 3.63) is 35.7 Å². The average Bonchev–Trinajstić information content (AvgIpc) is 2.73. The van der Waals surface area contributed by atoms with Gasteiger partial charge in [0.2, 0.25) is 0 Å². The smallest absolute Gasteiger partial charge is 0.302 e. The molecule has 0 N–H and O–H groups in total. The van der Waals surface area contributed by atoms with Crippen LogP contribution in [0.5, 0.6) is 0 Å². The fourth-order valence-corrected chi connectivity index (χ4v) is 1.01. The second-order valence-electron chi connectivity index (χ2n) is 2.92. The molecule has 0 spiro atoms. The van der Waals surface area contributed by atoms with E-state index in [0.29, 0.717) is 11.4 Å². The van der Waals surface area contributed by atoms with Crippen molar-refractivity contribution in [2.45, 2.75) is 13.8 Å². The summed E-state index contributed by atoms with van der Waals surface area (Å²) in [6.45, 7) is 3.47.